The van der Waals surface area contributed by atoms with Crippen LogP contribution >= 0.6 is 15.9 Å². The van der Waals surface area contributed by atoms with Crippen LogP contribution in [0.5, 0.6) is 11.5 Å². The van der Waals surface area contributed by atoms with E-state index in [4.69, 9.17) is 14.5 Å². The molecule has 1 heterocycles. The molecule has 0 bridgehead atoms. The number of unbranched alkanes of at least 4 members (excludes halogenated alkanes) is 1. The number of anilines is 1. The van der Waals surface area contributed by atoms with Crippen LogP contribution in [0, 0.1) is 5.82 Å². The van der Waals surface area contributed by atoms with Crippen LogP contribution in [0.2, 0.25) is 0 Å². The van der Waals surface area contributed by atoms with Crippen LogP contribution in [-0.4, -0.2) is 35.5 Å². The number of methoxy groups -OCH3 is 1. The molecule has 4 aromatic rings. The second-order valence-corrected chi connectivity index (χ2v) is 10.1. The lowest BCUT2D eigenvalue weighted by molar-refractivity contribution is -0.118. The zero-order valence-corrected chi connectivity index (χ0v) is 24.4. The first-order valence-electron chi connectivity index (χ1n) is 13.1. The van der Waals surface area contributed by atoms with Crippen molar-refractivity contribution in [2.75, 3.05) is 19.0 Å². The number of allylic oxidation sites excluding steroid dienone is 1. The van der Waals surface area contributed by atoms with Gasteiger partial charge in [0.1, 0.15) is 11.6 Å². The zero-order valence-electron chi connectivity index (χ0n) is 22.8. The standard InChI is InChI=1S/C31H30BrFN4O4/c1-4-6-12-28-35-25-14-13-22(32)17-23(25)31(39)37(28)34-18-20-15-21(9-5-2)30(27(16-20)40-3)41-19-29(38)36-26-11-8-7-10-24(26)33/h5,7-8,10-11,13-18H,2,4,6,9,12,19H2,1,3H3,(H,36,38). The maximum absolute atomic E-state index is 13.9. The van der Waals surface area contributed by atoms with Gasteiger partial charge < -0.3 is 14.8 Å². The van der Waals surface area contributed by atoms with E-state index >= 15 is 0 Å². The first-order valence-corrected chi connectivity index (χ1v) is 13.9. The zero-order chi connectivity index (χ0) is 29.4. The van der Waals surface area contributed by atoms with Crippen molar-refractivity contribution >= 4 is 44.6 Å². The van der Waals surface area contributed by atoms with Gasteiger partial charge in [0.15, 0.2) is 18.1 Å². The molecule has 0 unspecified atom stereocenters. The quantitative estimate of drug-likeness (QED) is 0.149. The van der Waals surface area contributed by atoms with E-state index in [9.17, 15) is 14.0 Å². The summed E-state index contributed by atoms with van der Waals surface area (Å²) in [7, 11) is 1.48. The van der Waals surface area contributed by atoms with Crippen LogP contribution in [0.1, 0.15) is 36.7 Å². The van der Waals surface area contributed by atoms with E-state index in [2.05, 4.69) is 39.9 Å². The molecule has 4 rings (SSSR count). The lowest BCUT2D eigenvalue weighted by atomic mass is 10.1. The summed E-state index contributed by atoms with van der Waals surface area (Å²) in [4.78, 5) is 30.6. The van der Waals surface area contributed by atoms with Crippen molar-refractivity contribution in [2.24, 2.45) is 5.10 Å². The van der Waals surface area contributed by atoms with E-state index in [-0.39, 0.29) is 17.9 Å². The van der Waals surface area contributed by atoms with Gasteiger partial charge in [0.25, 0.3) is 11.5 Å². The SMILES string of the molecule is C=CCc1cc(C=Nn2c(CCCC)nc3ccc(Br)cc3c2=O)cc(OC)c1OCC(=O)Nc1ccccc1F. The van der Waals surface area contributed by atoms with Gasteiger partial charge in [-0.15, -0.1) is 6.58 Å². The molecule has 0 spiro atoms. The highest BCUT2D eigenvalue weighted by Crippen LogP contribution is 2.33. The number of amides is 1. The van der Waals surface area contributed by atoms with E-state index in [0.29, 0.717) is 52.2 Å². The molecule has 8 nitrogen and oxygen atoms in total. The monoisotopic (exact) mass is 620 g/mol. The molecule has 0 radical (unpaired) electrons. The summed E-state index contributed by atoms with van der Waals surface area (Å²) >= 11 is 3.42. The Bertz CT molecular complexity index is 1670. The maximum atomic E-state index is 13.9. The Morgan fingerprint density at radius 1 is 1.22 bits per heavy atom. The largest absolute Gasteiger partial charge is 0.493 e. The van der Waals surface area contributed by atoms with Crippen LogP contribution < -0.4 is 20.3 Å². The first kappa shape index (κ1) is 29.7. The highest BCUT2D eigenvalue weighted by Gasteiger charge is 2.16. The molecular weight excluding hydrogens is 591 g/mol. The van der Waals surface area contributed by atoms with Crippen molar-refractivity contribution < 1.29 is 18.7 Å². The van der Waals surface area contributed by atoms with Crippen molar-refractivity contribution in [3.63, 3.8) is 0 Å². The average molecular weight is 622 g/mol. The molecule has 0 aliphatic heterocycles. The number of hydrogen-bond donors (Lipinski definition) is 1. The van der Waals surface area contributed by atoms with Gasteiger partial charge in [0.2, 0.25) is 0 Å². The molecule has 0 fully saturated rings. The minimum absolute atomic E-state index is 0.0648. The average Bonchev–Trinajstić information content (AvgIpc) is 2.96. The Morgan fingerprint density at radius 2 is 2.02 bits per heavy atom. The smallest absolute Gasteiger partial charge is 0.282 e. The van der Waals surface area contributed by atoms with Crippen LogP contribution in [-0.2, 0) is 17.6 Å². The van der Waals surface area contributed by atoms with Gasteiger partial charge in [-0.1, -0.05) is 47.5 Å². The molecule has 0 aliphatic carbocycles. The van der Waals surface area contributed by atoms with Gasteiger partial charge in [-0.25, -0.2) is 9.37 Å². The highest BCUT2D eigenvalue weighted by atomic mass is 79.9. The van der Waals surface area contributed by atoms with Gasteiger partial charge in [0, 0.05) is 16.5 Å². The van der Waals surface area contributed by atoms with Gasteiger partial charge in [-0.05, 0) is 60.9 Å². The van der Waals surface area contributed by atoms with Gasteiger partial charge in [-0.3, -0.25) is 9.59 Å². The molecule has 0 atom stereocenters. The van der Waals surface area contributed by atoms with E-state index in [1.54, 1.807) is 30.5 Å². The third-order valence-corrected chi connectivity index (χ3v) is 6.68. The summed E-state index contributed by atoms with van der Waals surface area (Å²) in [5.74, 6) is 0.222. The second-order valence-electron chi connectivity index (χ2n) is 9.18. The lowest BCUT2D eigenvalue weighted by Crippen LogP contribution is -2.22. The number of carbonyl (C=O) groups excluding carboxylic acids is 1. The number of aromatic nitrogens is 2. The van der Waals surface area contributed by atoms with Crippen LogP contribution in [0.4, 0.5) is 10.1 Å². The summed E-state index contributed by atoms with van der Waals surface area (Å²) in [6.45, 7) is 5.53. The number of hydrogen-bond acceptors (Lipinski definition) is 6. The molecule has 10 heteroatoms. The highest BCUT2D eigenvalue weighted by molar-refractivity contribution is 9.10. The molecule has 3 aromatic carbocycles. The van der Waals surface area contributed by atoms with Crippen molar-refractivity contribution in [1.82, 2.24) is 9.66 Å². The van der Waals surface area contributed by atoms with Gasteiger partial charge in [0.05, 0.1) is 29.9 Å². The fourth-order valence-electron chi connectivity index (χ4n) is 4.20. The molecule has 0 saturated heterocycles. The molecule has 1 N–H and O–H groups in total. The van der Waals surface area contributed by atoms with E-state index in [1.165, 1.54) is 30.0 Å². The van der Waals surface area contributed by atoms with Crippen LogP contribution in [0.3, 0.4) is 0 Å². The van der Waals surface area contributed by atoms with Gasteiger partial charge in [-0.2, -0.15) is 9.78 Å². The molecule has 1 aromatic heterocycles. The third-order valence-electron chi connectivity index (χ3n) is 6.19. The number of nitrogens with zero attached hydrogens (tertiary/aromatic N) is 3. The number of benzene rings is 3. The predicted octanol–water partition coefficient (Wildman–Crippen LogP) is 6.28. The number of para-hydroxylation sites is 1. The van der Waals surface area contributed by atoms with E-state index in [0.717, 1.165) is 17.3 Å². The number of carbonyl (C=O) groups is 1. The maximum Gasteiger partial charge on any atom is 0.282 e. The summed E-state index contributed by atoms with van der Waals surface area (Å²) in [5, 5.41) is 7.48. The Hall–Kier alpha value is -4.31. The Kier molecular flexibility index (Phi) is 10.0. The molecule has 212 valence electrons. The van der Waals surface area contributed by atoms with Crippen molar-refractivity contribution in [1.29, 1.82) is 0 Å². The van der Waals surface area contributed by atoms with Crippen LogP contribution in [0.25, 0.3) is 10.9 Å². The normalized spacial score (nSPS) is 11.1. The fourth-order valence-corrected chi connectivity index (χ4v) is 4.56. The third kappa shape index (κ3) is 7.26. The Labute approximate surface area is 245 Å². The number of fused-ring (bicyclic) bond motifs is 1. The summed E-state index contributed by atoms with van der Waals surface area (Å²) in [6.07, 6.45) is 6.07. The summed E-state index contributed by atoms with van der Waals surface area (Å²) in [6, 6.07) is 14.8. The summed E-state index contributed by atoms with van der Waals surface area (Å²) in [5.41, 5.74) is 1.75. The summed E-state index contributed by atoms with van der Waals surface area (Å²) < 4.78 is 27.4. The topological polar surface area (TPSA) is 94.8 Å². The molecule has 41 heavy (non-hydrogen) atoms. The van der Waals surface area contributed by atoms with E-state index in [1.807, 2.05) is 18.2 Å². The minimum Gasteiger partial charge on any atom is -0.493 e. The number of aryl methyl sites for hydroxylation is 1. The fraction of sp³-hybridized carbons (Fsp3) is 0.226. The van der Waals surface area contributed by atoms with E-state index < -0.39 is 11.7 Å². The number of ether oxygens (including phenoxy) is 2. The second kappa shape index (κ2) is 13.8. The molecule has 0 saturated carbocycles. The molecule has 0 aliphatic rings. The molecule has 1 amide bonds. The molecular formula is C31H30BrFN4O4. The Morgan fingerprint density at radius 3 is 2.76 bits per heavy atom. The van der Waals surface area contributed by atoms with Crippen molar-refractivity contribution in [3.8, 4) is 11.5 Å². The number of rotatable bonds is 12. The van der Waals surface area contributed by atoms with Crippen molar-refractivity contribution in [3.05, 3.63) is 105 Å². The lowest BCUT2D eigenvalue weighted by Gasteiger charge is -2.16. The Balaban J connectivity index is 1.65. The first-order chi connectivity index (χ1) is 19.8. The van der Waals surface area contributed by atoms with Crippen LogP contribution in [0.15, 0.2) is 81.6 Å². The minimum atomic E-state index is -0.541. The van der Waals surface area contributed by atoms with Crippen molar-refractivity contribution in [2.45, 2.75) is 32.6 Å². The number of nitrogens with one attached hydrogen (secondary N) is 1. The van der Waals surface area contributed by atoms with Gasteiger partial charge >= 0.3 is 0 Å². The predicted molar refractivity (Wildman–Crippen MR) is 163 cm³/mol. The number of halogens is 2.